The number of esters is 1. The van der Waals surface area contributed by atoms with Gasteiger partial charge in [-0.15, -0.1) is 0 Å². The number of carbonyl (C=O) groups excluding carboxylic acids is 2. The average Bonchev–Trinajstić information content (AvgIpc) is 2.48. The van der Waals surface area contributed by atoms with Gasteiger partial charge in [0.15, 0.2) is 0 Å². The van der Waals surface area contributed by atoms with Crippen LogP contribution in [0.3, 0.4) is 0 Å². The maximum absolute atomic E-state index is 11.9. The highest BCUT2D eigenvalue weighted by molar-refractivity contribution is 5.92. The number of H-pyrrole nitrogens is 1. The predicted molar refractivity (Wildman–Crippen MR) is 70.1 cm³/mol. The summed E-state index contributed by atoms with van der Waals surface area (Å²) in [5, 5.41) is 2.86. The van der Waals surface area contributed by atoms with E-state index in [-0.39, 0.29) is 35.1 Å². The van der Waals surface area contributed by atoms with Crippen LogP contribution in [0, 0.1) is 5.92 Å². The number of methoxy groups -OCH3 is 1. The summed E-state index contributed by atoms with van der Waals surface area (Å²) in [6.45, 7) is 0. The van der Waals surface area contributed by atoms with E-state index < -0.39 is 0 Å². The summed E-state index contributed by atoms with van der Waals surface area (Å²) in [7, 11) is 1.39. The van der Waals surface area contributed by atoms with Crippen LogP contribution in [-0.2, 0) is 9.53 Å². The standard InChI is InChI=1S/C13H17N3O4/c1-20-13(19)8-2-4-9(5-3-8)16-12(18)10-6-15-11(17)7-14-10/h6-9H,2-5H2,1H3,(H,15,17)(H,16,18). The van der Waals surface area contributed by atoms with Crippen LogP contribution in [0.15, 0.2) is 17.2 Å². The zero-order valence-corrected chi connectivity index (χ0v) is 11.2. The summed E-state index contributed by atoms with van der Waals surface area (Å²) in [5.74, 6) is -0.570. The topological polar surface area (TPSA) is 101 Å². The van der Waals surface area contributed by atoms with Gasteiger partial charge in [0.05, 0.1) is 19.2 Å². The van der Waals surface area contributed by atoms with Gasteiger partial charge < -0.3 is 15.0 Å². The molecule has 1 saturated carbocycles. The Labute approximate surface area is 115 Å². The monoisotopic (exact) mass is 279 g/mol. The molecule has 108 valence electrons. The van der Waals surface area contributed by atoms with Gasteiger partial charge in [-0.05, 0) is 25.7 Å². The summed E-state index contributed by atoms with van der Waals surface area (Å²) in [5.41, 5.74) is -0.167. The molecule has 1 aliphatic carbocycles. The van der Waals surface area contributed by atoms with Crippen molar-refractivity contribution in [3.05, 3.63) is 28.4 Å². The average molecular weight is 279 g/mol. The number of ether oxygens (including phenoxy) is 1. The number of aromatic nitrogens is 2. The molecule has 2 rings (SSSR count). The lowest BCUT2D eigenvalue weighted by Gasteiger charge is -2.27. The Bertz CT molecular complexity index is 526. The zero-order valence-electron chi connectivity index (χ0n) is 11.2. The smallest absolute Gasteiger partial charge is 0.308 e. The third kappa shape index (κ3) is 3.43. The van der Waals surface area contributed by atoms with Crippen molar-refractivity contribution in [2.45, 2.75) is 31.7 Å². The Hall–Kier alpha value is -2.18. The van der Waals surface area contributed by atoms with E-state index in [9.17, 15) is 14.4 Å². The lowest BCUT2D eigenvalue weighted by molar-refractivity contribution is -0.146. The normalized spacial score (nSPS) is 22.1. The molecule has 0 aliphatic heterocycles. The molecule has 0 bridgehead atoms. The number of nitrogens with one attached hydrogen (secondary N) is 2. The number of amides is 1. The van der Waals surface area contributed by atoms with Gasteiger partial charge in [-0.1, -0.05) is 0 Å². The Balaban J connectivity index is 1.86. The van der Waals surface area contributed by atoms with E-state index in [1.54, 1.807) is 0 Å². The molecule has 2 N–H and O–H groups in total. The summed E-state index contributed by atoms with van der Waals surface area (Å²) >= 11 is 0. The molecule has 0 radical (unpaired) electrons. The molecule has 0 aromatic carbocycles. The van der Waals surface area contributed by atoms with Gasteiger partial charge in [-0.25, -0.2) is 4.98 Å². The highest BCUT2D eigenvalue weighted by atomic mass is 16.5. The van der Waals surface area contributed by atoms with E-state index in [1.807, 2.05) is 0 Å². The van der Waals surface area contributed by atoms with Crippen molar-refractivity contribution >= 4 is 11.9 Å². The molecule has 20 heavy (non-hydrogen) atoms. The second-order valence-electron chi connectivity index (χ2n) is 4.84. The van der Waals surface area contributed by atoms with Crippen molar-refractivity contribution in [1.82, 2.24) is 15.3 Å². The Morgan fingerprint density at radius 2 is 2.05 bits per heavy atom. The second kappa shape index (κ2) is 6.31. The van der Waals surface area contributed by atoms with Crippen molar-refractivity contribution in [2.24, 2.45) is 5.92 Å². The van der Waals surface area contributed by atoms with Crippen LogP contribution in [0.4, 0.5) is 0 Å². The molecule has 0 atom stereocenters. The number of hydrogen-bond donors (Lipinski definition) is 2. The fourth-order valence-electron chi connectivity index (χ4n) is 2.37. The van der Waals surface area contributed by atoms with Crippen molar-refractivity contribution in [3.8, 4) is 0 Å². The molecular weight excluding hydrogens is 262 g/mol. The molecule has 1 aromatic heterocycles. The third-order valence-corrected chi connectivity index (χ3v) is 3.50. The molecule has 0 spiro atoms. The molecule has 1 fully saturated rings. The molecule has 1 aromatic rings. The maximum Gasteiger partial charge on any atom is 0.308 e. The van der Waals surface area contributed by atoms with E-state index in [0.29, 0.717) is 12.8 Å². The fraction of sp³-hybridized carbons (Fsp3) is 0.538. The van der Waals surface area contributed by atoms with Crippen LogP contribution in [0.1, 0.15) is 36.2 Å². The molecule has 1 amide bonds. The Kier molecular flexibility index (Phi) is 4.49. The Morgan fingerprint density at radius 1 is 1.35 bits per heavy atom. The lowest BCUT2D eigenvalue weighted by Crippen LogP contribution is -2.39. The minimum Gasteiger partial charge on any atom is -0.469 e. The van der Waals surface area contributed by atoms with Crippen molar-refractivity contribution in [2.75, 3.05) is 7.11 Å². The van der Waals surface area contributed by atoms with E-state index in [2.05, 4.69) is 15.3 Å². The van der Waals surface area contributed by atoms with Crippen LogP contribution in [0.25, 0.3) is 0 Å². The molecule has 0 saturated heterocycles. The van der Waals surface area contributed by atoms with Crippen molar-refractivity contribution in [3.63, 3.8) is 0 Å². The summed E-state index contributed by atoms with van der Waals surface area (Å²) in [4.78, 5) is 40.4. The minimum absolute atomic E-state index is 0.0251. The van der Waals surface area contributed by atoms with Gasteiger partial charge in [0.2, 0.25) is 0 Å². The highest BCUT2D eigenvalue weighted by Gasteiger charge is 2.27. The van der Waals surface area contributed by atoms with Crippen LogP contribution < -0.4 is 10.9 Å². The first-order valence-corrected chi connectivity index (χ1v) is 6.53. The maximum atomic E-state index is 11.9. The molecule has 7 heteroatoms. The minimum atomic E-state index is -0.347. The number of aromatic amines is 1. The van der Waals surface area contributed by atoms with Gasteiger partial charge in [0.25, 0.3) is 11.5 Å². The number of hydrogen-bond acceptors (Lipinski definition) is 5. The fourth-order valence-corrected chi connectivity index (χ4v) is 2.37. The SMILES string of the molecule is COC(=O)C1CCC(NC(=O)c2c[nH]c(=O)cn2)CC1. The first-order valence-electron chi connectivity index (χ1n) is 6.53. The summed E-state index contributed by atoms with van der Waals surface area (Å²) in [6, 6.07) is 0.0251. The third-order valence-electron chi connectivity index (χ3n) is 3.50. The zero-order chi connectivity index (χ0) is 14.5. The van der Waals surface area contributed by atoms with Crippen molar-refractivity contribution < 1.29 is 14.3 Å². The van der Waals surface area contributed by atoms with Crippen molar-refractivity contribution in [1.29, 1.82) is 0 Å². The molecule has 1 heterocycles. The van der Waals surface area contributed by atoms with E-state index in [1.165, 1.54) is 13.3 Å². The van der Waals surface area contributed by atoms with Gasteiger partial charge in [0, 0.05) is 12.2 Å². The predicted octanol–water partition coefficient (Wildman–Crippen LogP) is 0.231. The first kappa shape index (κ1) is 14.2. The largest absolute Gasteiger partial charge is 0.469 e. The van der Waals surface area contributed by atoms with Crippen LogP contribution in [0.2, 0.25) is 0 Å². The van der Waals surface area contributed by atoms with E-state index in [0.717, 1.165) is 19.0 Å². The van der Waals surface area contributed by atoms with E-state index in [4.69, 9.17) is 4.74 Å². The molecule has 7 nitrogen and oxygen atoms in total. The summed E-state index contributed by atoms with van der Waals surface area (Å²) in [6.07, 6.45) is 5.23. The van der Waals surface area contributed by atoms with Crippen LogP contribution in [0.5, 0.6) is 0 Å². The first-order chi connectivity index (χ1) is 9.60. The molecule has 0 unspecified atom stereocenters. The Morgan fingerprint density at radius 3 is 2.60 bits per heavy atom. The number of nitrogens with zero attached hydrogens (tertiary/aromatic N) is 1. The summed E-state index contributed by atoms with van der Waals surface area (Å²) < 4.78 is 4.72. The molecular formula is C13H17N3O4. The van der Waals surface area contributed by atoms with Gasteiger partial charge in [-0.3, -0.25) is 14.4 Å². The van der Waals surface area contributed by atoms with Gasteiger partial charge >= 0.3 is 5.97 Å². The number of rotatable bonds is 3. The van der Waals surface area contributed by atoms with E-state index >= 15 is 0 Å². The molecule has 1 aliphatic rings. The quantitative estimate of drug-likeness (QED) is 0.771. The van der Waals surface area contributed by atoms with Crippen LogP contribution >= 0.6 is 0 Å². The lowest BCUT2D eigenvalue weighted by atomic mass is 9.86. The highest BCUT2D eigenvalue weighted by Crippen LogP contribution is 2.25. The number of carbonyl (C=O) groups is 2. The second-order valence-corrected chi connectivity index (χ2v) is 4.84. The van der Waals surface area contributed by atoms with Gasteiger partial charge in [0.1, 0.15) is 5.69 Å². The van der Waals surface area contributed by atoms with Crippen LogP contribution in [-0.4, -0.2) is 35.0 Å². The van der Waals surface area contributed by atoms with Gasteiger partial charge in [-0.2, -0.15) is 0 Å².